The van der Waals surface area contributed by atoms with Crippen molar-refractivity contribution >= 4 is 40.6 Å². The first-order valence-electron chi connectivity index (χ1n) is 5.42. The van der Waals surface area contributed by atoms with E-state index in [0.29, 0.717) is 6.42 Å². The molecule has 0 radical (unpaired) electrons. The summed E-state index contributed by atoms with van der Waals surface area (Å²) in [7, 11) is 1.61. The maximum absolute atomic E-state index is 11.4. The van der Waals surface area contributed by atoms with Gasteiger partial charge in [-0.1, -0.05) is 46.9 Å². The first kappa shape index (κ1) is 16.1. The van der Waals surface area contributed by atoms with Crippen LogP contribution in [-0.4, -0.2) is 16.7 Å². The zero-order valence-electron chi connectivity index (χ0n) is 10.2. The fourth-order valence-corrected chi connectivity index (χ4v) is 1.44. The van der Waals surface area contributed by atoms with E-state index >= 15 is 0 Å². The molecule has 1 rings (SSSR count). The number of rotatable bonds is 5. The molecule has 0 aliphatic heterocycles. The molecule has 0 heterocycles. The molecule has 0 fully saturated rings. The predicted molar refractivity (Wildman–Crippen MR) is 78.9 cm³/mol. The molecule has 5 heteroatoms. The first-order valence-corrected chi connectivity index (χ1v) is 6.55. The van der Waals surface area contributed by atoms with Gasteiger partial charge in [-0.05, 0) is 24.1 Å². The van der Waals surface area contributed by atoms with Gasteiger partial charge in [0.05, 0.1) is 7.11 Å². The number of methoxy groups -OCH3 is 1. The number of ketones is 1. The van der Waals surface area contributed by atoms with Crippen LogP contribution < -0.4 is 4.74 Å². The molecule has 0 unspecified atom stereocenters. The zero-order chi connectivity index (χ0) is 14.3. The zero-order valence-corrected chi connectivity index (χ0v) is 12.5. The molecule has 1 aromatic carbocycles. The lowest BCUT2D eigenvalue weighted by atomic mass is 10.1. The standard InChI is InChI=1S/C14H12Cl3O2/c1-19-13-7-5-11(6-8-13)3-2-4-12(18)9-10-14(15,16)17/h2,5-10H,3H2,1H3/q-1. The van der Waals surface area contributed by atoms with Crippen LogP contribution in [0.1, 0.15) is 5.56 Å². The summed E-state index contributed by atoms with van der Waals surface area (Å²) in [5, 5.41) is 0. The van der Waals surface area contributed by atoms with Crippen molar-refractivity contribution in [2.75, 3.05) is 7.11 Å². The minimum Gasteiger partial charge on any atom is -0.497 e. The number of hydrogen-bond donors (Lipinski definition) is 0. The van der Waals surface area contributed by atoms with Gasteiger partial charge in [-0.15, -0.1) is 6.08 Å². The molecule has 102 valence electrons. The maximum Gasteiger partial charge on any atom is 0.193 e. The second-order valence-corrected chi connectivity index (χ2v) is 6.01. The largest absolute Gasteiger partial charge is 0.497 e. The summed E-state index contributed by atoms with van der Waals surface area (Å²) in [5.41, 5.74) is 1.05. The van der Waals surface area contributed by atoms with Gasteiger partial charge in [0, 0.05) is 5.78 Å². The first-order chi connectivity index (χ1) is 8.90. The van der Waals surface area contributed by atoms with Crippen LogP contribution >= 0.6 is 34.8 Å². The van der Waals surface area contributed by atoms with Crippen LogP contribution in [0.25, 0.3) is 0 Å². The van der Waals surface area contributed by atoms with E-state index in [0.717, 1.165) is 11.3 Å². The number of carbonyl (C=O) groups excluding carboxylic acids is 1. The topological polar surface area (TPSA) is 26.3 Å². The quantitative estimate of drug-likeness (QED) is 0.464. The molecule has 0 atom stereocenters. The molecule has 0 aliphatic carbocycles. The molecule has 0 bridgehead atoms. The Bertz CT molecular complexity index is 470. The van der Waals surface area contributed by atoms with Crippen molar-refractivity contribution in [3.8, 4) is 5.75 Å². The highest BCUT2D eigenvalue weighted by Crippen LogP contribution is 2.27. The number of hydrogen-bond acceptors (Lipinski definition) is 2. The van der Waals surface area contributed by atoms with E-state index in [4.69, 9.17) is 39.5 Å². The number of alkyl halides is 3. The molecule has 19 heavy (non-hydrogen) atoms. The van der Waals surface area contributed by atoms with Crippen LogP contribution in [-0.2, 0) is 11.2 Å². The molecule has 1 aromatic rings. The van der Waals surface area contributed by atoms with Crippen molar-refractivity contribution in [2.45, 2.75) is 10.2 Å². The molecule has 0 spiro atoms. The van der Waals surface area contributed by atoms with E-state index in [-0.39, 0.29) is 5.78 Å². The van der Waals surface area contributed by atoms with Gasteiger partial charge < -0.3 is 9.53 Å². The molecular formula is C14H12Cl3O2-. The van der Waals surface area contributed by atoms with E-state index in [2.05, 4.69) is 6.08 Å². The van der Waals surface area contributed by atoms with Crippen LogP contribution in [0.4, 0.5) is 0 Å². The summed E-state index contributed by atoms with van der Waals surface area (Å²) >= 11 is 16.4. The molecule has 0 aliphatic rings. The van der Waals surface area contributed by atoms with Gasteiger partial charge in [0.2, 0.25) is 0 Å². The van der Waals surface area contributed by atoms with Gasteiger partial charge >= 0.3 is 0 Å². The smallest absolute Gasteiger partial charge is 0.193 e. The Balaban J connectivity index is 2.49. The number of ether oxygens (including phenoxy) is 1. The highest BCUT2D eigenvalue weighted by molar-refractivity contribution is 6.69. The Labute approximate surface area is 127 Å². The van der Waals surface area contributed by atoms with Crippen LogP contribution in [0, 0.1) is 6.08 Å². The number of halogens is 3. The highest BCUT2D eigenvalue weighted by atomic mass is 35.6. The van der Waals surface area contributed by atoms with Crippen LogP contribution in [0.15, 0.2) is 42.5 Å². The predicted octanol–water partition coefficient (Wildman–Crippen LogP) is 4.09. The van der Waals surface area contributed by atoms with E-state index in [1.54, 1.807) is 13.2 Å². The number of benzene rings is 1. The molecule has 0 saturated carbocycles. The summed E-state index contributed by atoms with van der Waals surface area (Å²) in [5.74, 6) is 0.443. The van der Waals surface area contributed by atoms with E-state index in [9.17, 15) is 4.79 Å². The SMILES string of the molecule is COc1ccc(CC=[C-]C(=O)C=CC(Cl)(Cl)Cl)cc1. The molecule has 0 amide bonds. The Morgan fingerprint density at radius 1 is 1.32 bits per heavy atom. The van der Waals surface area contributed by atoms with Gasteiger partial charge in [0.1, 0.15) is 5.75 Å². The van der Waals surface area contributed by atoms with Crippen LogP contribution in [0.2, 0.25) is 0 Å². The van der Waals surface area contributed by atoms with Crippen molar-refractivity contribution in [1.29, 1.82) is 0 Å². The second-order valence-electron chi connectivity index (χ2n) is 3.64. The van der Waals surface area contributed by atoms with Gasteiger partial charge in [0.15, 0.2) is 3.79 Å². The van der Waals surface area contributed by atoms with Gasteiger partial charge in [-0.25, -0.2) is 6.08 Å². The summed E-state index contributed by atoms with van der Waals surface area (Å²) in [6, 6.07) is 7.54. The van der Waals surface area contributed by atoms with Gasteiger partial charge in [0.25, 0.3) is 0 Å². The third kappa shape index (κ3) is 7.26. The van der Waals surface area contributed by atoms with Crippen molar-refractivity contribution in [2.24, 2.45) is 0 Å². The summed E-state index contributed by atoms with van der Waals surface area (Å²) in [6.45, 7) is 0. The lowest BCUT2D eigenvalue weighted by Crippen LogP contribution is -1.97. The lowest BCUT2D eigenvalue weighted by Gasteiger charge is -2.05. The third-order valence-electron chi connectivity index (χ3n) is 2.16. The van der Waals surface area contributed by atoms with Gasteiger partial charge in [-0.2, -0.15) is 12.2 Å². The van der Waals surface area contributed by atoms with Crippen LogP contribution in [0.5, 0.6) is 5.75 Å². The van der Waals surface area contributed by atoms with E-state index < -0.39 is 3.79 Å². The molecule has 0 saturated heterocycles. The van der Waals surface area contributed by atoms with Crippen molar-refractivity contribution in [3.05, 3.63) is 54.1 Å². The monoisotopic (exact) mass is 317 g/mol. The Kier molecular flexibility index (Phi) is 6.43. The Morgan fingerprint density at radius 3 is 2.47 bits per heavy atom. The van der Waals surface area contributed by atoms with Gasteiger partial charge in [-0.3, -0.25) is 0 Å². The normalized spacial score (nSPS) is 12.2. The van der Waals surface area contributed by atoms with Crippen molar-refractivity contribution in [3.63, 3.8) is 0 Å². The van der Waals surface area contributed by atoms with E-state index in [1.165, 1.54) is 12.2 Å². The highest BCUT2D eigenvalue weighted by Gasteiger charge is 2.10. The van der Waals surface area contributed by atoms with Crippen LogP contribution in [0.3, 0.4) is 0 Å². The average Bonchev–Trinajstić information content (AvgIpc) is 2.36. The molecule has 0 aromatic heterocycles. The number of carbonyl (C=O) groups is 1. The Morgan fingerprint density at radius 2 is 1.95 bits per heavy atom. The lowest BCUT2D eigenvalue weighted by molar-refractivity contribution is -0.111. The third-order valence-corrected chi connectivity index (χ3v) is 2.54. The minimum atomic E-state index is -1.56. The fraction of sp³-hybridized carbons (Fsp3) is 0.214. The molecule has 0 N–H and O–H groups in total. The minimum absolute atomic E-state index is 0.347. The fourth-order valence-electron chi connectivity index (χ4n) is 1.25. The second kappa shape index (κ2) is 7.59. The maximum atomic E-state index is 11.4. The molecular weight excluding hydrogens is 307 g/mol. The molecule has 2 nitrogen and oxygen atoms in total. The van der Waals surface area contributed by atoms with E-state index in [1.807, 2.05) is 24.3 Å². The van der Waals surface area contributed by atoms with Crippen molar-refractivity contribution in [1.82, 2.24) is 0 Å². The number of allylic oxidation sites excluding steroid dienone is 4. The summed E-state index contributed by atoms with van der Waals surface area (Å²) < 4.78 is 3.49. The van der Waals surface area contributed by atoms with Crippen molar-refractivity contribution < 1.29 is 9.53 Å². The Hall–Kier alpha value is -0.960. The summed E-state index contributed by atoms with van der Waals surface area (Å²) in [6.07, 6.45) is 7.17. The average molecular weight is 319 g/mol. The summed E-state index contributed by atoms with van der Waals surface area (Å²) in [4.78, 5) is 11.4.